The predicted molar refractivity (Wildman–Crippen MR) is 44.4 cm³/mol. The van der Waals surface area contributed by atoms with Gasteiger partial charge in [-0.2, -0.15) is 0 Å². The molecule has 10 heavy (non-hydrogen) atoms. The minimum atomic E-state index is 0.606. The van der Waals surface area contributed by atoms with Gasteiger partial charge in [0.05, 0.1) is 0 Å². The second-order valence-corrected chi connectivity index (χ2v) is 2.05. The maximum atomic E-state index is 5.29. The highest BCUT2D eigenvalue weighted by molar-refractivity contribution is 5.48. The molecule has 0 aliphatic rings. The highest BCUT2D eigenvalue weighted by Gasteiger charge is 1.79. The van der Waals surface area contributed by atoms with Crippen molar-refractivity contribution >= 4 is 6.08 Å². The smallest absolute Gasteiger partial charge is 0.0260 e. The molecular weight excluding hydrogens is 120 g/mol. The van der Waals surface area contributed by atoms with E-state index >= 15 is 0 Å². The quantitative estimate of drug-likeness (QED) is 0.577. The van der Waals surface area contributed by atoms with Gasteiger partial charge in [-0.3, -0.25) is 0 Å². The van der Waals surface area contributed by atoms with Crippen molar-refractivity contribution in [2.45, 2.75) is 6.42 Å². The van der Waals surface area contributed by atoms with E-state index in [9.17, 15) is 0 Å². The van der Waals surface area contributed by atoms with E-state index in [2.05, 4.69) is 0 Å². The van der Waals surface area contributed by atoms with Crippen LogP contribution < -0.4 is 0 Å². The molecule has 0 heteroatoms. The van der Waals surface area contributed by atoms with Gasteiger partial charge in [0, 0.05) is 0 Å². The number of allylic oxidation sites excluding steroid dienone is 1. The van der Waals surface area contributed by atoms with Crippen molar-refractivity contribution in [2.24, 2.45) is 0 Å². The molecular formula is C10H10. The molecule has 0 aliphatic heterocycles. The van der Waals surface area contributed by atoms with Crippen molar-refractivity contribution in [1.82, 2.24) is 0 Å². The van der Waals surface area contributed by atoms with E-state index in [0.29, 0.717) is 6.42 Å². The maximum absolute atomic E-state index is 5.29. The van der Waals surface area contributed by atoms with Gasteiger partial charge in [0.25, 0.3) is 0 Å². The van der Waals surface area contributed by atoms with Crippen LogP contribution in [0.1, 0.15) is 12.0 Å². The van der Waals surface area contributed by atoms with E-state index in [1.807, 2.05) is 42.5 Å². The van der Waals surface area contributed by atoms with Gasteiger partial charge < -0.3 is 0 Å². The average Bonchev–Trinajstić information content (AvgIpc) is 2.03. The third kappa shape index (κ3) is 2.06. The summed E-state index contributed by atoms with van der Waals surface area (Å²) in [7, 11) is 0. The molecule has 0 aliphatic carbocycles. The average molecular weight is 130 g/mol. The van der Waals surface area contributed by atoms with Crippen molar-refractivity contribution in [3.8, 4) is 0 Å². The molecule has 1 aromatic rings. The van der Waals surface area contributed by atoms with Crippen LogP contribution in [0.15, 0.2) is 36.4 Å². The first-order valence-electron chi connectivity index (χ1n) is 3.35. The van der Waals surface area contributed by atoms with Crippen LogP contribution in [-0.4, -0.2) is 0 Å². The van der Waals surface area contributed by atoms with Gasteiger partial charge in [0.15, 0.2) is 0 Å². The van der Waals surface area contributed by atoms with Crippen molar-refractivity contribution < 1.29 is 0 Å². The van der Waals surface area contributed by atoms with Crippen molar-refractivity contribution in [1.29, 1.82) is 0 Å². The zero-order valence-corrected chi connectivity index (χ0v) is 5.83. The van der Waals surface area contributed by atoms with E-state index in [1.165, 1.54) is 5.56 Å². The number of hydrogen-bond donors (Lipinski definition) is 0. The Morgan fingerprint density at radius 2 is 1.90 bits per heavy atom. The molecule has 0 saturated carbocycles. The normalized spacial score (nSPS) is 10.5. The van der Waals surface area contributed by atoms with Gasteiger partial charge >= 0.3 is 0 Å². The highest BCUT2D eigenvalue weighted by atomic mass is 13.8. The third-order valence-electron chi connectivity index (χ3n) is 1.25. The molecule has 0 heterocycles. The molecule has 1 rings (SSSR count). The van der Waals surface area contributed by atoms with Crippen LogP contribution in [0.5, 0.6) is 0 Å². The molecule has 1 aromatic carbocycles. The number of benzene rings is 1. The topological polar surface area (TPSA) is 0 Å². The fraction of sp³-hybridized carbons (Fsp3) is 0.100. The van der Waals surface area contributed by atoms with Gasteiger partial charge in [0.1, 0.15) is 0 Å². The zero-order chi connectivity index (χ0) is 7.23. The summed E-state index contributed by atoms with van der Waals surface area (Å²) in [5.74, 6) is 0. The van der Waals surface area contributed by atoms with Crippen LogP contribution in [-0.2, 0) is 0 Å². The Bertz CT molecular complexity index is 197. The lowest BCUT2D eigenvalue weighted by molar-refractivity contribution is 1.42. The summed E-state index contributed by atoms with van der Waals surface area (Å²) in [5.41, 5.74) is 1.20. The van der Waals surface area contributed by atoms with Crippen molar-refractivity contribution in [3.05, 3.63) is 48.9 Å². The molecule has 0 aromatic heterocycles. The summed E-state index contributed by atoms with van der Waals surface area (Å²) >= 11 is 0. The largest absolute Gasteiger partial charge is 0.0836 e. The number of rotatable bonds is 2. The fourth-order valence-corrected chi connectivity index (χ4v) is 0.768. The SMILES string of the molecule is [CH]C/C=C/c1ccccc1. The van der Waals surface area contributed by atoms with Gasteiger partial charge in [0.2, 0.25) is 0 Å². The van der Waals surface area contributed by atoms with Gasteiger partial charge in [-0.15, -0.1) is 0 Å². The first-order chi connectivity index (χ1) is 4.93. The monoisotopic (exact) mass is 130 g/mol. The van der Waals surface area contributed by atoms with Crippen LogP contribution >= 0.6 is 0 Å². The van der Waals surface area contributed by atoms with Gasteiger partial charge in [-0.25, -0.2) is 0 Å². The molecule has 0 atom stereocenters. The summed E-state index contributed by atoms with van der Waals surface area (Å²) in [6, 6.07) is 10.1. The minimum Gasteiger partial charge on any atom is -0.0836 e. The lowest BCUT2D eigenvalue weighted by Gasteiger charge is -1.88. The van der Waals surface area contributed by atoms with E-state index < -0.39 is 0 Å². The van der Waals surface area contributed by atoms with Crippen LogP contribution in [0.25, 0.3) is 6.08 Å². The molecule has 0 amide bonds. The highest BCUT2D eigenvalue weighted by Crippen LogP contribution is 2.00. The zero-order valence-electron chi connectivity index (χ0n) is 5.83. The minimum absolute atomic E-state index is 0.606. The Morgan fingerprint density at radius 1 is 1.20 bits per heavy atom. The number of hydrogen-bond acceptors (Lipinski definition) is 0. The molecule has 0 nitrogen and oxygen atoms in total. The van der Waals surface area contributed by atoms with E-state index in [0.717, 1.165) is 0 Å². The van der Waals surface area contributed by atoms with E-state index in [4.69, 9.17) is 6.92 Å². The van der Waals surface area contributed by atoms with Gasteiger partial charge in [-0.05, 0) is 18.9 Å². The van der Waals surface area contributed by atoms with Crippen molar-refractivity contribution in [3.63, 3.8) is 0 Å². The summed E-state index contributed by atoms with van der Waals surface area (Å²) < 4.78 is 0. The molecule has 0 unspecified atom stereocenters. The summed E-state index contributed by atoms with van der Waals surface area (Å²) in [6.45, 7) is 5.29. The van der Waals surface area contributed by atoms with Crippen molar-refractivity contribution in [2.75, 3.05) is 0 Å². The maximum Gasteiger partial charge on any atom is -0.0260 e. The molecule has 0 bridgehead atoms. The first kappa shape index (κ1) is 7.07. The molecule has 0 N–H and O–H groups in total. The fourth-order valence-electron chi connectivity index (χ4n) is 0.768. The Morgan fingerprint density at radius 3 is 2.50 bits per heavy atom. The summed E-state index contributed by atoms with van der Waals surface area (Å²) in [6.07, 6.45) is 4.56. The van der Waals surface area contributed by atoms with Gasteiger partial charge in [-0.1, -0.05) is 42.5 Å². The van der Waals surface area contributed by atoms with E-state index in [-0.39, 0.29) is 0 Å². The summed E-state index contributed by atoms with van der Waals surface area (Å²) in [5, 5.41) is 0. The lowest BCUT2D eigenvalue weighted by atomic mass is 10.2. The Balaban J connectivity index is 2.67. The van der Waals surface area contributed by atoms with Crippen LogP contribution in [0.2, 0.25) is 0 Å². The molecule has 2 radical (unpaired) electrons. The van der Waals surface area contributed by atoms with E-state index in [1.54, 1.807) is 0 Å². The van der Waals surface area contributed by atoms with Crippen LogP contribution in [0, 0.1) is 6.92 Å². The Hall–Kier alpha value is -1.04. The molecule has 50 valence electrons. The van der Waals surface area contributed by atoms with Crippen LogP contribution in [0.3, 0.4) is 0 Å². The standard InChI is InChI=1S/C10H10/c1-2-3-7-10-8-5-4-6-9-10/h1,3-9H,2H2/b7-3+. The summed E-state index contributed by atoms with van der Waals surface area (Å²) in [4.78, 5) is 0. The second kappa shape index (κ2) is 3.89. The Kier molecular flexibility index (Phi) is 2.75. The first-order valence-corrected chi connectivity index (χ1v) is 3.35. The second-order valence-electron chi connectivity index (χ2n) is 2.05. The predicted octanol–water partition coefficient (Wildman–Crippen LogP) is 2.80. The Labute approximate surface area is 62.2 Å². The third-order valence-corrected chi connectivity index (χ3v) is 1.25. The van der Waals surface area contributed by atoms with Crippen LogP contribution in [0.4, 0.5) is 0 Å². The molecule has 0 fully saturated rings. The lowest BCUT2D eigenvalue weighted by Crippen LogP contribution is -1.66. The molecule has 0 saturated heterocycles. The molecule has 0 spiro atoms.